The molecule has 1 rings (SSSR count). The van der Waals surface area contributed by atoms with Gasteiger partial charge in [-0.1, -0.05) is 26.3 Å². The Morgan fingerprint density at radius 3 is 2.69 bits per heavy atom. The standard InChI is InChI=1S/C13H19FO2/c1-4-9(2)13(15)8-16-11-6-5-10(3)12(14)7-11/h5-7,9,13,15H,4,8H2,1-3H3. The second-order valence-corrected chi connectivity index (χ2v) is 4.17. The number of hydrogen-bond acceptors (Lipinski definition) is 2. The van der Waals surface area contributed by atoms with E-state index in [0.29, 0.717) is 11.3 Å². The molecule has 16 heavy (non-hydrogen) atoms. The summed E-state index contributed by atoms with van der Waals surface area (Å²) in [6.45, 7) is 5.88. The molecule has 0 heterocycles. The molecule has 2 atom stereocenters. The third-order valence-corrected chi connectivity index (χ3v) is 2.86. The highest BCUT2D eigenvalue weighted by Gasteiger charge is 2.13. The van der Waals surface area contributed by atoms with Gasteiger partial charge in [0.2, 0.25) is 0 Å². The molecule has 0 aliphatic carbocycles. The molecule has 0 bridgehead atoms. The van der Waals surface area contributed by atoms with Crippen LogP contribution < -0.4 is 4.74 Å². The van der Waals surface area contributed by atoms with Crippen LogP contribution in [0.5, 0.6) is 5.75 Å². The number of benzene rings is 1. The SMILES string of the molecule is CCC(C)C(O)COc1ccc(C)c(F)c1. The molecule has 0 amide bonds. The maximum absolute atomic E-state index is 13.2. The van der Waals surface area contributed by atoms with Crippen LogP contribution in [-0.2, 0) is 0 Å². The van der Waals surface area contributed by atoms with Gasteiger partial charge < -0.3 is 9.84 Å². The maximum atomic E-state index is 13.2. The number of hydrogen-bond donors (Lipinski definition) is 1. The zero-order chi connectivity index (χ0) is 12.1. The Hall–Kier alpha value is -1.09. The zero-order valence-electron chi connectivity index (χ0n) is 10.0. The van der Waals surface area contributed by atoms with Crippen molar-refractivity contribution in [2.24, 2.45) is 5.92 Å². The minimum absolute atomic E-state index is 0.190. The van der Waals surface area contributed by atoms with Crippen LogP contribution >= 0.6 is 0 Å². The number of ether oxygens (including phenoxy) is 1. The van der Waals surface area contributed by atoms with E-state index >= 15 is 0 Å². The minimum Gasteiger partial charge on any atom is -0.491 e. The molecule has 0 aliphatic rings. The molecule has 1 aromatic rings. The fraction of sp³-hybridized carbons (Fsp3) is 0.538. The van der Waals surface area contributed by atoms with Crippen molar-refractivity contribution >= 4 is 0 Å². The minimum atomic E-state index is -0.505. The highest BCUT2D eigenvalue weighted by molar-refractivity contribution is 5.27. The number of aliphatic hydroxyl groups is 1. The average molecular weight is 226 g/mol. The predicted molar refractivity (Wildman–Crippen MR) is 62.1 cm³/mol. The number of halogens is 1. The highest BCUT2D eigenvalue weighted by atomic mass is 19.1. The van der Waals surface area contributed by atoms with Crippen molar-refractivity contribution in [3.05, 3.63) is 29.6 Å². The van der Waals surface area contributed by atoms with Gasteiger partial charge in [0, 0.05) is 6.07 Å². The summed E-state index contributed by atoms with van der Waals surface area (Å²) in [6.07, 6.45) is 0.390. The lowest BCUT2D eigenvalue weighted by molar-refractivity contribution is 0.0620. The van der Waals surface area contributed by atoms with Crippen LogP contribution in [0, 0.1) is 18.7 Å². The first-order chi connectivity index (χ1) is 7.54. The van der Waals surface area contributed by atoms with Crippen molar-refractivity contribution in [1.82, 2.24) is 0 Å². The molecular weight excluding hydrogens is 207 g/mol. The van der Waals surface area contributed by atoms with Crippen LogP contribution in [0.4, 0.5) is 4.39 Å². The van der Waals surface area contributed by atoms with E-state index in [4.69, 9.17) is 4.74 Å². The smallest absolute Gasteiger partial charge is 0.129 e. The lowest BCUT2D eigenvalue weighted by Crippen LogP contribution is -2.24. The second kappa shape index (κ2) is 5.85. The van der Waals surface area contributed by atoms with Gasteiger partial charge in [-0.2, -0.15) is 0 Å². The fourth-order valence-electron chi connectivity index (χ4n) is 1.28. The molecule has 0 fully saturated rings. The van der Waals surface area contributed by atoms with Crippen LogP contribution in [0.25, 0.3) is 0 Å². The quantitative estimate of drug-likeness (QED) is 0.836. The molecule has 0 aromatic heterocycles. The van der Waals surface area contributed by atoms with Gasteiger partial charge in [0.05, 0.1) is 6.10 Å². The summed E-state index contributed by atoms with van der Waals surface area (Å²) in [6, 6.07) is 4.72. The Balaban J connectivity index is 2.51. The van der Waals surface area contributed by atoms with Crippen LogP contribution in [0.3, 0.4) is 0 Å². The molecule has 90 valence electrons. The van der Waals surface area contributed by atoms with Gasteiger partial charge in [-0.05, 0) is 24.5 Å². The van der Waals surface area contributed by atoms with Crippen LogP contribution in [0.2, 0.25) is 0 Å². The highest BCUT2D eigenvalue weighted by Crippen LogP contribution is 2.17. The molecule has 2 unspecified atom stereocenters. The Bertz CT molecular complexity index is 339. The van der Waals surface area contributed by atoms with Crippen molar-refractivity contribution in [3.63, 3.8) is 0 Å². The lowest BCUT2D eigenvalue weighted by Gasteiger charge is -2.17. The lowest BCUT2D eigenvalue weighted by atomic mass is 10.0. The van der Waals surface area contributed by atoms with Gasteiger partial charge in [-0.25, -0.2) is 4.39 Å². The van der Waals surface area contributed by atoms with Gasteiger partial charge in [0.25, 0.3) is 0 Å². The third-order valence-electron chi connectivity index (χ3n) is 2.86. The van der Waals surface area contributed by atoms with E-state index in [-0.39, 0.29) is 18.3 Å². The van der Waals surface area contributed by atoms with Crippen LogP contribution in [-0.4, -0.2) is 17.8 Å². The van der Waals surface area contributed by atoms with Gasteiger partial charge in [-0.3, -0.25) is 0 Å². The number of aryl methyl sites for hydroxylation is 1. The van der Waals surface area contributed by atoms with Crippen molar-refractivity contribution in [2.75, 3.05) is 6.61 Å². The van der Waals surface area contributed by atoms with E-state index in [9.17, 15) is 9.50 Å². The Labute approximate surface area is 96.1 Å². The molecular formula is C13H19FO2. The summed E-state index contributed by atoms with van der Waals surface area (Å²) in [5, 5.41) is 9.68. The predicted octanol–water partition coefficient (Wildman–Crippen LogP) is 2.92. The first kappa shape index (κ1) is 13.0. The largest absolute Gasteiger partial charge is 0.491 e. The van der Waals surface area contributed by atoms with Gasteiger partial charge >= 0.3 is 0 Å². The molecule has 0 saturated heterocycles. The Morgan fingerprint density at radius 2 is 2.12 bits per heavy atom. The molecule has 0 radical (unpaired) electrons. The second-order valence-electron chi connectivity index (χ2n) is 4.17. The normalized spacial score (nSPS) is 14.6. The Morgan fingerprint density at radius 1 is 1.44 bits per heavy atom. The third kappa shape index (κ3) is 3.49. The van der Waals surface area contributed by atoms with E-state index in [2.05, 4.69) is 0 Å². The first-order valence-electron chi connectivity index (χ1n) is 5.61. The van der Waals surface area contributed by atoms with Gasteiger partial charge in [0.1, 0.15) is 18.2 Å². The molecule has 1 aromatic carbocycles. The van der Waals surface area contributed by atoms with E-state index < -0.39 is 6.10 Å². The van der Waals surface area contributed by atoms with Crippen molar-refractivity contribution < 1.29 is 14.2 Å². The van der Waals surface area contributed by atoms with E-state index in [1.54, 1.807) is 19.1 Å². The van der Waals surface area contributed by atoms with E-state index in [1.807, 2.05) is 13.8 Å². The zero-order valence-corrected chi connectivity index (χ0v) is 10.0. The summed E-state index contributed by atoms with van der Waals surface area (Å²) in [5.74, 6) is 0.372. The average Bonchev–Trinajstić information content (AvgIpc) is 2.29. The molecule has 0 saturated carbocycles. The van der Waals surface area contributed by atoms with E-state index in [0.717, 1.165) is 6.42 Å². The molecule has 3 heteroatoms. The topological polar surface area (TPSA) is 29.5 Å². The summed E-state index contributed by atoms with van der Waals surface area (Å²) < 4.78 is 18.5. The Kier molecular flexibility index (Phi) is 4.74. The molecule has 0 aliphatic heterocycles. The van der Waals surface area contributed by atoms with Gasteiger partial charge in [0.15, 0.2) is 0 Å². The number of rotatable bonds is 5. The van der Waals surface area contributed by atoms with E-state index in [1.165, 1.54) is 6.07 Å². The van der Waals surface area contributed by atoms with Crippen LogP contribution in [0.15, 0.2) is 18.2 Å². The molecule has 2 nitrogen and oxygen atoms in total. The molecule has 1 N–H and O–H groups in total. The van der Waals surface area contributed by atoms with Crippen molar-refractivity contribution in [1.29, 1.82) is 0 Å². The fourth-order valence-corrected chi connectivity index (χ4v) is 1.28. The van der Waals surface area contributed by atoms with Crippen LogP contribution in [0.1, 0.15) is 25.8 Å². The molecule has 0 spiro atoms. The van der Waals surface area contributed by atoms with Gasteiger partial charge in [-0.15, -0.1) is 0 Å². The summed E-state index contributed by atoms with van der Waals surface area (Å²) in [4.78, 5) is 0. The number of aliphatic hydroxyl groups excluding tert-OH is 1. The maximum Gasteiger partial charge on any atom is 0.129 e. The summed E-state index contributed by atoms with van der Waals surface area (Å²) >= 11 is 0. The summed E-state index contributed by atoms with van der Waals surface area (Å²) in [5.41, 5.74) is 0.592. The monoisotopic (exact) mass is 226 g/mol. The first-order valence-corrected chi connectivity index (χ1v) is 5.61. The summed E-state index contributed by atoms with van der Waals surface area (Å²) in [7, 11) is 0. The van der Waals surface area contributed by atoms with Crippen molar-refractivity contribution in [3.8, 4) is 5.75 Å². The van der Waals surface area contributed by atoms with Crippen molar-refractivity contribution in [2.45, 2.75) is 33.3 Å².